The first-order valence-electron chi connectivity index (χ1n) is 7.07. The molecule has 2 heterocycles. The van der Waals surface area contributed by atoms with Gasteiger partial charge in [0.05, 0.1) is 13.2 Å². The Bertz CT molecular complexity index is 380. The second-order valence-electron chi connectivity index (χ2n) is 5.57. The summed E-state index contributed by atoms with van der Waals surface area (Å²) < 4.78 is 15.1. The molecule has 2 aliphatic rings. The first-order valence-corrected chi connectivity index (χ1v) is 7.07. The summed E-state index contributed by atoms with van der Waals surface area (Å²) in [6, 6.07) is 0. The van der Waals surface area contributed by atoms with E-state index in [2.05, 4.69) is 0 Å². The molecule has 0 aromatic heterocycles. The summed E-state index contributed by atoms with van der Waals surface area (Å²) in [7, 11) is 0. The second kappa shape index (κ2) is 7.63. The van der Waals surface area contributed by atoms with Crippen molar-refractivity contribution in [1.82, 2.24) is 0 Å². The van der Waals surface area contributed by atoms with Crippen LogP contribution in [-0.2, 0) is 14.2 Å². The minimum absolute atomic E-state index is 0.468. The monoisotopic (exact) mass is 342 g/mol. The van der Waals surface area contributed by atoms with Crippen molar-refractivity contribution >= 4 is 0 Å². The Labute approximate surface area is 130 Å². The SMILES string of the molecule is OCC1O[C@H](OCC2O[C@H](O)C(O)[C@@H](O)[C@@H]2O)C(O)[C@@H](O)[C@@H]1O. The Morgan fingerprint density at radius 3 is 1.83 bits per heavy atom. The molecule has 10 atom stereocenters. The molecular formula is C12H22O11. The first-order chi connectivity index (χ1) is 10.8. The maximum absolute atomic E-state index is 9.78. The number of aliphatic hydroxyl groups is 8. The summed E-state index contributed by atoms with van der Waals surface area (Å²) in [6.07, 6.45) is -15.3. The first kappa shape index (κ1) is 18.9. The third-order valence-corrected chi connectivity index (χ3v) is 3.96. The van der Waals surface area contributed by atoms with Gasteiger partial charge in [-0.05, 0) is 0 Å². The zero-order valence-electron chi connectivity index (χ0n) is 12.0. The molecule has 0 bridgehead atoms. The number of rotatable bonds is 4. The van der Waals surface area contributed by atoms with Gasteiger partial charge in [0, 0.05) is 0 Å². The highest BCUT2D eigenvalue weighted by Crippen LogP contribution is 2.24. The molecule has 11 nitrogen and oxygen atoms in total. The van der Waals surface area contributed by atoms with Gasteiger partial charge in [0.25, 0.3) is 0 Å². The van der Waals surface area contributed by atoms with Gasteiger partial charge in [-0.1, -0.05) is 0 Å². The predicted octanol–water partition coefficient (Wildman–Crippen LogP) is -5.40. The summed E-state index contributed by atoms with van der Waals surface area (Å²) in [5.74, 6) is 0. The maximum Gasteiger partial charge on any atom is 0.186 e. The number of hydrogen-bond donors (Lipinski definition) is 8. The van der Waals surface area contributed by atoms with E-state index >= 15 is 0 Å². The van der Waals surface area contributed by atoms with Crippen LogP contribution in [0.2, 0.25) is 0 Å². The Morgan fingerprint density at radius 2 is 1.22 bits per heavy atom. The van der Waals surface area contributed by atoms with E-state index in [-0.39, 0.29) is 0 Å². The fourth-order valence-electron chi connectivity index (χ4n) is 2.46. The maximum atomic E-state index is 9.78. The van der Waals surface area contributed by atoms with Crippen LogP contribution < -0.4 is 0 Å². The molecule has 0 saturated carbocycles. The van der Waals surface area contributed by atoms with Crippen LogP contribution in [0.3, 0.4) is 0 Å². The van der Waals surface area contributed by atoms with E-state index < -0.39 is 74.6 Å². The van der Waals surface area contributed by atoms with Gasteiger partial charge >= 0.3 is 0 Å². The summed E-state index contributed by atoms with van der Waals surface area (Å²) in [4.78, 5) is 0. The second-order valence-corrected chi connectivity index (χ2v) is 5.57. The van der Waals surface area contributed by atoms with Crippen LogP contribution in [0, 0.1) is 0 Å². The van der Waals surface area contributed by atoms with Crippen LogP contribution >= 0.6 is 0 Å². The van der Waals surface area contributed by atoms with Gasteiger partial charge in [-0.2, -0.15) is 0 Å². The van der Waals surface area contributed by atoms with E-state index in [1.165, 1.54) is 0 Å². The van der Waals surface area contributed by atoms with Crippen molar-refractivity contribution in [3.05, 3.63) is 0 Å². The minimum atomic E-state index is -1.74. The zero-order valence-corrected chi connectivity index (χ0v) is 12.0. The topological polar surface area (TPSA) is 190 Å². The molecule has 0 aromatic rings. The van der Waals surface area contributed by atoms with Crippen LogP contribution in [0.5, 0.6) is 0 Å². The van der Waals surface area contributed by atoms with Crippen molar-refractivity contribution < 1.29 is 55.1 Å². The lowest BCUT2D eigenvalue weighted by molar-refractivity contribution is -0.325. The molecule has 2 saturated heterocycles. The zero-order chi connectivity index (χ0) is 17.3. The van der Waals surface area contributed by atoms with E-state index in [0.717, 1.165) is 0 Å². The van der Waals surface area contributed by atoms with Gasteiger partial charge in [-0.25, -0.2) is 0 Å². The smallest absolute Gasteiger partial charge is 0.186 e. The van der Waals surface area contributed by atoms with Gasteiger partial charge in [-0.3, -0.25) is 0 Å². The molecule has 136 valence electrons. The normalized spacial score (nSPS) is 51.7. The van der Waals surface area contributed by atoms with E-state index in [0.29, 0.717) is 0 Å². The average Bonchev–Trinajstić information content (AvgIpc) is 2.54. The molecule has 0 radical (unpaired) electrons. The van der Waals surface area contributed by atoms with Crippen LogP contribution in [0.15, 0.2) is 0 Å². The lowest BCUT2D eigenvalue weighted by atomic mass is 9.98. The van der Waals surface area contributed by atoms with E-state index in [9.17, 15) is 35.7 Å². The summed E-state index contributed by atoms with van der Waals surface area (Å²) in [6.45, 7) is -1.10. The van der Waals surface area contributed by atoms with Crippen LogP contribution in [-0.4, -0.2) is 115 Å². The number of ether oxygens (including phenoxy) is 3. The molecule has 2 aliphatic heterocycles. The van der Waals surface area contributed by atoms with Crippen molar-refractivity contribution in [2.24, 2.45) is 0 Å². The van der Waals surface area contributed by atoms with Crippen molar-refractivity contribution in [2.75, 3.05) is 13.2 Å². The lowest BCUT2D eigenvalue weighted by Gasteiger charge is -2.41. The standard InChI is InChI=1S/C12H22O11/c13-1-3-5(14)8(17)10(19)12(23-3)21-2-4-6(15)7(16)9(18)11(20)22-4/h3-20H,1-2H2/t3?,4?,5-,6-,7+,8+,9?,10?,11+,12+/m1/s1. The van der Waals surface area contributed by atoms with Crippen LogP contribution in [0.1, 0.15) is 0 Å². The molecule has 0 aliphatic carbocycles. The molecular weight excluding hydrogens is 320 g/mol. The van der Waals surface area contributed by atoms with Gasteiger partial charge in [0.2, 0.25) is 0 Å². The molecule has 2 fully saturated rings. The number of hydrogen-bond acceptors (Lipinski definition) is 11. The van der Waals surface area contributed by atoms with Crippen molar-refractivity contribution in [3.63, 3.8) is 0 Å². The molecule has 2 rings (SSSR count). The molecule has 23 heavy (non-hydrogen) atoms. The largest absolute Gasteiger partial charge is 0.394 e. The van der Waals surface area contributed by atoms with Crippen LogP contribution in [0.25, 0.3) is 0 Å². The van der Waals surface area contributed by atoms with Crippen molar-refractivity contribution in [3.8, 4) is 0 Å². The minimum Gasteiger partial charge on any atom is -0.394 e. The van der Waals surface area contributed by atoms with Crippen molar-refractivity contribution in [1.29, 1.82) is 0 Å². The summed E-state index contributed by atoms with van der Waals surface area (Å²) in [5, 5.41) is 76.1. The van der Waals surface area contributed by atoms with Gasteiger partial charge in [-0.15, -0.1) is 0 Å². The third kappa shape index (κ3) is 3.81. The van der Waals surface area contributed by atoms with Gasteiger partial charge < -0.3 is 55.1 Å². The Morgan fingerprint density at radius 1 is 0.652 bits per heavy atom. The molecule has 8 N–H and O–H groups in total. The third-order valence-electron chi connectivity index (χ3n) is 3.96. The Hall–Kier alpha value is -0.440. The van der Waals surface area contributed by atoms with Crippen LogP contribution in [0.4, 0.5) is 0 Å². The molecule has 0 aromatic carbocycles. The molecule has 0 spiro atoms. The highest BCUT2D eigenvalue weighted by molar-refractivity contribution is 4.91. The quantitative estimate of drug-likeness (QED) is 0.243. The van der Waals surface area contributed by atoms with Gasteiger partial charge in [0.15, 0.2) is 12.6 Å². The Kier molecular flexibility index (Phi) is 6.27. The van der Waals surface area contributed by atoms with Gasteiger partial charge in [0.1, 0.15) is 48.8 Å². The summed E-state index contributed by atoms with van der Waals surface area (Å²) in [5.41, 5.74) is 0. The molecule has 0 amide bonds. The molecule has 11 heteroatoms. The number of aliphatic hydroxyl groups excluding tert-OH is 8. The molecule has 4 unspecified atom stereocenters. The fourth-order valence-corrected chi connectivity index (χ4v) is 2.46. The Balaban J connectivity index is 1.94. The predicted molar refractivity (Wildman–Crippen MR) is 68.6 cm³/mol. The summed E-state index contributed by atoms with van der Waals surface area (Å²) >= 11 is 0. The highest BCUT2D eigenvalue weighted by Gasteiger charge is 2.46. The van der Waals surface area contributed by atoms with Crippen molar-refractivity contribution in [2.45, 2.75) is 61.4 Å². The van der Waals surface area contributed by atoms with E-state index in [1.807, 2.05) is 0 Å². The highest BCUT2D eigenvalue weighted by atomic mass is 16.7. The van der Waals surface area contributed by atoms with E-state index in [1.54, 1.807) is 0 Å². The lowest BCUT2D eigenvalue weighted by Crippen LogP contribution is -2.61. The van der Waals surface area contributed by atoms with E-state index in [4.69, 9.17) is 19.3 Å². The average molecular weight is 342 g/mol. The fraction of sp³-hybridized carbons (Fsp3) is 1.00.